The van der Waals surface area contributed by atoms with Gasteiger partial charge in [0.1, 0.15) is 0 Å². The maximum atomic E-state index is 2.62. The van der Waals surface area contributed by atoms with Gasteiger partial charge in [-0.2, -0.15) is 0 Å². The number of hydrogen-bond donors (Lipinski definition) is 0. The van der Waals surface area contributed by atoms with Crippen LogP contribution < -0.4 is 4.90 Å². The Morgan fingerprint density at radius 2 is 0.968 bits per heavy atom. The van der Waals surface area contributed by atoms with Crippen LogP contribution in [-0.4, -0.2) is 0 Å². The molecule has 0 saturated heterocycles. The van der Waals surface area contributed by atoms with Gasteiger partial charge in [-0.25, -0.2) is 0 Å². The first-order valence-corrected chi connectivity index (χ1v) is 23.6. The fraction of sp³-hybridized carbons (Fsp3) is 0.226. The van der Waals surface area contributed by atoms with Crippen molar-refractivity contribution < 1.29 is 0 Å². The Hall–Kier alpha value is -6.44. The van der Waals surface area contributed by atoms with E-state index in [2.05, 4.69) is 207 Å². The van der Waals surface area contributed by atoms with Crippen LogP contribution in [0, 0.1) is 29.1 Å². The van der Waals surface area contributed by atoms with Crippen molar-refractivity contribution in [1.82, 2.24) is 0 Å². The van der Waals surface area contributed by atoms with E-state index in [-0.39, 0.29) is 10.8 Å². The molecule has 6 unspecified atom stereocenters. The van der Waals surface area contributed by atoms with E-state index in [1.807, 2.05) is 0 Å². The predicted molar refractivity (Wildman–Crippen MR) is 261 cm³/mol. The summed E-state index contributed by atoms with van der Waals surface area (Å²) in [5, 5.41) is 0. The lowest BCUT2D eigenvalue weighted by molar-refractivity contribution is -0.0193. The molecule has 4 saturated carbocycles. The quantitative estimate of drug-likeness (QED) is 0.162. The van der Waals surface area contributed by atoms with E-state index in [0.29, 0.717) is 11.3 Å². The zero-order chi connectivity index (χ0) is 41.7. The van der Waals surface area contributed by atoms with Gasteiger partial charge >= 0.3 is 0 Å². The molecule has 0 N–H and O–H groups in total. The third-order valence-electron chi connectivity index (χ3n) is 17.6. The summed E-state index contributed by atoms with van der Waals surface area (Å²) in [6.45, 7) is 4.81. The highest BCUT2D eigenvalue weighted by molar-refractivity contribution is 5.95. The lowest BCUT2D eigenvalue weighted by atomic mass is 9.49. The van der Waals surface area contributed by atoms with Gasteiger partial charge in [-0.3, -0.25) is 0 Å². The molecule has 304 valence electrons. The Bertz CT molecular complexity index is 3160. The Morgan fingerprint density at radius 1 is 0.397 bits per heavy atom. The minimum absolute atomic E-state index is 0.102. The van der Waals surface area contributed by atoms with Crippen LogP contribution >= 0.6 is 0 Å². The van der Waals surface area contributed by atoms with Crippen molar-refractivity contribution in [1.29, 1.82) is 0 Å². The Labute approximate surface area is 372 Å². The first-order valence-electron chi connectivity index (χ1n) is 23.6. The van der Waals surface area contributed by atoms with E-state index < -0.39 is 0 Å². The summed E-state index contributed by atoms with van der Waals surface area (Å²) in [6.07, 6.45) is 7.18. The zero-order valence-electron chi connectivity index (χ0n) is 36.2. The second-order valence-electron chi connectivity index (χ2n) is 20.6. The van der Waals surface area contributed by atoms with E-state index >= 15 is 0 Å². The van der Waals surface area contributed by atoms with Crippen LogP contribution in [0.1, 0.15) is 68.2 Å². The molecule has 0 aromatic heterocycles. The van der Waals surface area contributed by atoms with Crippen molar-refractivity contribution in [2.75, 3.05) is 4.90 Å². The molecule has 6 atom stereocenters. The fourth-order valence-electron chi connectivity index (χ4n) is 15.1. The molecule has 8 aromatic carbocycles. The Morgan fingerprint density at radius 3 is 1.71 bits per heavy atom. The van der Waals surface area contributed by atoms with Crippen LogP contribution in [0.5, 0.6) is 0 Å². The highest BCUT2D eigenvalue weighted by Gasteiger charge is 2.76. The number of benzene rings is 8. The van der Waals surface area contributed by atoms with E-state index in [1.165, 1.54) is 116 Å². The third kappa shape index (κ3) is 4.78. The molecule has 63 heavy (non-hydrogen) atoms. The number of fused-ring (bicyclic) bond motifs is 12. The maximum absolute atomic E-state index is 2.62. The average Bonchev–Trinajstić information content (AvgIpc) is 3.88. The first kappa shape index (κ1) is 36.1. The second kappa shape index (κ2) is 12.8. The van der Waals surface area contributed by atoms with Crippen LogP contribution in [0.4, 0.5) is 17.1 Å². The summed E-state index contributed by atoms with van der Waals surface area (Å²) < 4.78 is 0. The minimum atomic E-state index is -0.121. The molecule has 1 heteroatoms. The summed E-state index contributed by atoms with van der Waals surface area (Å²) in [4.78, 5) is 2.59. The molecule has 0 radical (unpaired) electrons. The van der Waals surface area contributed by atoms with E-state index in [0.717, 1.165) is 17.8 Å². The Kier molecular flexibility index (Phi) is 7.35. The molecule has 14 rings (SSSR count). The molecule has 4 fully saturated rings. The van der Waals surface area contributed by atoms with Crippen molar-refractivity contribution >= 4 is 17.1 Å². The third-order valence-corrected chi connectivity index (χ3v) is 17.6. The summed E-state index contributed by atoms with van der Waals surface area (Å²) >= 11 is 0. The van der Waals surface area contributed by atoms with Gasteiger partial charge in [-0.15, -0.1) is 0 Å². The van der Waals surface area contributed by atoms with Gasteiger partial charge in [0.15, 0.2) is 0 Å². The number of hydrogen-bond acceptors (Lipinski definition) is 1. The smallest absolute Gasteiger partial charge is 0.0540 e. The molecule has 8 aromatic rings. The molecule has 2 spiro atoms. The molecular weight excluding hydrogens is 759 g/mol. The molecule has 0 aliphatic heterocycles. The van der Waals surface area contributed by atoms with Gasteiger partial charge in [0, 0.05) is 27.8 Å². The van der Waals surface area contributed by atoms with Gasteiger partial charge in [-0.05, 0) is 176 Å². The van der Waals surface area contributed by atoms with Gasteiger partial charge in [-0.1, -0.05) is 159 Å². The van der Waals surface area contributed by atoms with E-state index in [4.69, 9.17) is 0 Å². The van der Waals surface area contributed by atoms with Gasteiger partial charge < -0.3 is 4.90 Å². The van der Waals surface area contributed by atoms with Crippen LogP contribution in [0.2, 0.25) is 0 Å². The van der Waals surface area contributed by atoms with Crippen molar-refractivity contribution in [3.63, 3.8) is 0 Å². The van der Waals surface area contributed by atoms with E-state index in [1.54, 1.807) is 11.1 Å². The summed E-state index contributed by atoms with van der Waals surface area (Å²) in [6, 6.07) is 71.8. The first-order chi connectivity index (χ1) is 30.9. The fourth-order valence-corrected chi connectivity index (χ4v) is 15.1. The molecule has 6 aliphatic rings. The van der Waals surface area contributed by atoms with Crippen molar-refractivity contribution in [2.24, 2.45) is 29.1 Å². The molecule has 6 aliphatic carbocycles. The zero-order valence-corrected chi connectivity index (χ0v) is 36.2. The van der Waals surface area contributed by atoms with Crippen LogP contribution in [-0.2, 0) is 10.8 Å². The van der Waals surface area contributed by atoms with Gasteiger partial charge in [0.25, 0.3) is 0 Å². The van der Waals surface area contributed by atoms with Crippen molar-refractivity contribution in [3.05, 3.63) is 210 Å². The van der Waals surface area contributed by atoms with Crippen LogP contribution in [0.3, 0.4) is 0 Å². The predicted octanol–water partition coefficient (Wildman–Crippen LogP) is 16.2. The standard InChI is InChI=1S/C62H51N/c1-60(2)54-21-13-12-20-49(54)50-26-24-48(36-57(50)60)63(58-29-23-44(41-16-8-4-9-17-41)32-51(58)42-18-10-5-11-19-42)47-25-28-56-53(35-47)52-33-43(40-14-6-3-7-15-40)22-27-55(52)62(56)46-31-39-30-45-34-59(62)61(45,37-39)38-46/h3-29,32-33,35-36,39,45-46,59H,30-31,34,37-38H2,1-2H3. The SMILES string of the molecule is CC1(C)c2ccccc2-c2ccc(N(c3ccc4c(c3)-c3cc(-c5ccccc5)ccc3C43C4CC5CC6CC3C6(C5)C4)c3ccc(-c4ccccc4)cc3-c3ccccc3)cc21. The van der Waals surface area contributed by atoms with Crippen LogP contribution in [0.15, 0.2) is 188 Å². The molecule has 0 amide bonds. The summed E-state index contributed by atoms with van der Waals surface area (Å²) in [7, 11) is 0. The minimum Gasteiger partial charge on any atom is -0.310 e. The normalized spacial score (nSPS) is 25.6. The number of rotatable bonds is 6. The van der Waals surface area contributed by atoms with Crippen molar-refractivity contribution in [2.45, 2.75) is 56.8 Å². The maximum Gasteiger partial charge on any atom is 0.0540 e. The lowest BCUT2D eigenvalue weighted by Crippen LogP contribution is -2.50. The Balaban J connectivity index is 1.02. The topological polar surface area (TPSA) is 3.24 Å². The monoisotopic (exact) mass is 809 g/mol. The highest BCUT2D eigenvalue weighted by Crippen LogP contribution is 2.83. The molecule has 1 nitrogen and oxygen atoms in total. The summed E-state index contributed by atoms with van der Waals surface area (Å²) in [5.41, 5.74) is 23.3. The van der Waals surface area contributed by atoms with Gasteiger partial charge in [0.2, 0.25) is 0 Å². The molecule has 3 bridgehead atoms. The number of anilines is 3. The van der Waals surface area contributed by atoms with Gasteiger partial charge in [0.05, 0.1) is 5.69 Å². The van der Waals surface area contributed by atoms with Crippen molar-refractivity contribution in [3.8, 4) is 55.6 Å². The molecular formula is C62H51N. The average molecular weight is 810 g/mol. The highest BCUT2D eigenvalue weighted by atomic mass is 15.1. The van der Waals surface area contributed by atoms with Crippen LogP contribution in [0.25, 0.3) is 55.6 Å². The number of nitrogens with zero attached hydrogens (tertiary/aromatic N) is 1. The largest absolute Gasteiger partial charge is 0.310 e. The summed E-state index contributed by atoms with van der Waals surface area (Å²) in [5.74, 6) is 3.31. The lowest BCUT2D eigenvalue weighted by Gasteiger charge is -2.54. The molecule has 0 heterocycles. The van der Waals surface area contributed by atoms with E-state index in [9.17, 15) is 0 Å². The second-order valence-corrected chi connectivity index (χ2v) is 20.6.